The van der Waals surface area contributed by atoms with E-state index in [4.69, 9.17) is 5.11 Å². The van der Waals surface area contributed by atoms with Gasteiger partial charge >= 0.3 is 5.97 Å². The molecule has 0 saturated heterocycles. The molecule has 2 heterocycles. The van der Waals surface area contributed by atoms with Gasteiger partial charge in [0.2, 0.25) is 0 Å². The summed E-state index contributed by atoms with van der Waals surface area (Å²) in [5.74, 6) is -0.953. The number of rotatable bonds is 6. The van der Waals surface area contributed by atoms with E-state index < -0.39 is 5.97 Å². The topological polar surface area (TPSA) is 54.6 Å². The highest BCUT2D eigenvalue weighted by molar-refractivity contribution is 5.98. The minimum absolute atomic E-state index is 0.850. The SMILES string of the molecule is CC/C(=C(/c1ccc(/C=C/C(=O)O)cc1)c1ccc2cncn2c1)c1ccccc1. The molecule has 4 aromatic rings. The Labute approximate surface area is 175 Å². The zero-order valence-corrected chi connectivity index (χ0v) is 16.7. The van der Waals surface area contributed by atoms with Crippen LogP contribution in [0, 0.1) is 0 Å². The van der Waals surface area contributed by atoms with E-state index >= 15 is 0 Å². The second-order valence-electron chi connectivity index (χ2n) is 7.01. The van der Waals surface area contributed by atoms with Crippen LogP contribution in [0.2, 0.25) is 0 Å². The van der Waals surface area contributed by atoms with Crippen molar-refractivity contribution in [1.29, 1.82) is 0 Å². The summed E-state index contributed by atoms with van der Waals surface area (Å²) in [5.41, 5.74) is 7.69. The fraction of sp³-hybridized carbons (Fsp3) is 0.0769. The number of hydrogen-bond acceptors (Lipinski definition) is 2. The highest BCUT2D eigenvalue weighted by Crippen LogP contribution is 2.34. The molecule has 4 rings (SSSR count). The maximum Gasteiger partial charge on any atom is 0.328 e. The average Bonchev–Trinajstić information content (AvgIpc) is 3.25. The maximum absolute atomic E-state index is 10.8. The molecule has 1 N–H and O–H groups in total. The van der Waals surface area contributed by atoms with Gasteiger partial charge in [0, 0.05) is 12.3 Å². The lowest BCUT2D eigenvalue weighted by atomic mass is 9.88. The van der Waals surface area contributed by atoms with Crippen LogP contribution in [0.1, 0.15) is 35.6 Å². The Balaban J connectivity index is 1.89. The number of aromatic nitrogens is 2. The van der Waals surface area contributed by atoms with Crippen molar-refractivity contribution in [3.05, 3.63) is 114 Å². The molecule has 0 radical (unpaired) electrons. The summed E-state index contributed by atoms with van der Waals surface area (Å²) in [6.45, 7) is 2.17. The van der Waals surface area contributed by atoms with E-state index in [1.165, 1.54) is 11.1 Å². The minimum atomic E-state index is -0.953. The molecule has 2 aromatic heterocycles. The number of carboxylic acids is 1. The molecular weight excluding hydrogens is 372 g/mol. The molecule has 0 unspecified atom stereocenters. The first-order valence-corrected chi connectivity index (χ1v) is 9.88. The summed E-state index contributed by atoms with van der Waals surface area (Å²) >= 11 is 0. The Hall–Kier alpha value is -3.92. The van der Waals surface area contributed by atoms with Crippen molar-refractivity contribution < 1.29 is 9.90 Å². The second kappa shape index (κ2) is 8.62. The Bertz CT molecular complexity index is 1230. The molecule has 0 fully saturated rings. The van der Waals surface area contributed by atoms with Crippen LogP contribution in [0.5, 0.6) is 0 Å². The molecule has 0 saturated carbocycles. The number of fused-ring (bicyclic) bond motifs is 1. The third kappa shape index (κ3) is 4.08. The van der Waals surface area contributed by atoms with Crippen LogP contribution in [0.3, 0.4) is 0 Å². The predicted molar refractivity (Wildman–Crippen MR) is 121 cm³/mol. The molecule has 148 valence electrons. The van der Waals surface area contributed by atoms with Crippen molar-refractivity contribution in [2.24, 2.45) is 0 Å². The lowest BCUT2D eigenvalue weighted by Crippen LogP contribution is -1.97. The van der Waals surface area contributed by atoms with Crippen LogP contribution in [0.15, 0.2) is 91.5 Å². The highest BCUT2D eigenvalue weighted by Gasteiger charge is 2.13. The molecule has 0 atom stereocenters. The maximum atomic E-state index is 10.8. The molecule has 2 aromatic carbocycles. The first-order chi connectivity index (χ1) is 14.7. The van der Waals surface area contributed by atoms with Gasteiger partial charge in [-0.1, -0.05) is 67.6 Å². The monoisotopic (exact) mass is 394 g/mol. The molecule has 4 heteroatoms. The summed E-state index contributed by atoms with van der Waals surface area (Å²) in [6, 6.07) is 22.6. The van der Waals surface area contributed by atoms with E-state index in [0.29, 0.717) is 0 Å². The molecule has 0 amide bonds. The first kappa shape index (κ1) is 19.4. The lowest BCUT2D eigenvalue weighted by Gasteiger charge is -2.17. The zero-order chi connectivity index (χ0) is 20.9. The van der Waals surface area contributed by atoms with Gasteiger partial charge in [-0.3, -0.25) is 0 Å². The van der Waals surface area contributed by atoms with Crippen molar-refractivity contribution in [3.63, 3.8) is 0 Å². The van der Waals surface area contributed by atoms with Gasteiger partial charge in [0.1, 0.15) is 0 Å². The lowest BCUT2D eigenvalue weighted by molar-refractivity contribution is -0.131. The number of carboxylic acid groups (broad SMARTS) is 1. The highest BCUT2D eigenvalue weighted by atomic mass is 16.4. The van der Waals surface area contributed by atoms with Crippen LogP contribution in [-0.4, -0.2) is 20.5 Å². The van der Waals surface area contributed by atoms with Gasteiger partial charge in [-0.05, 0) is 52.0 Å². The molecule has 4 nitrogen and oxygen atoms in total. The van der Waals surface area contributed by atoms with E-state index in [-0.39, 0.29) is 0 Å². The van der Waals surface area contributed by atoms with Crippen molar-refractivity contribution in [1.82, 2.24) is 9.38 Å². The molecule has 0 aliphatic heterocycles. The fourth-order valence-corrected chi connectivity index (χ4v) is 3.68. The van der Waals surface area contributed by atoms with Crippen LogP contribution in [-0.2, 0) is 4.79 Å². The summed E-state index contributed by atoms with van der Waals surface area (Å²) in [6.07, 6.45) is 9.39. The first-order valence-electron chi connectivity index (χ1n) is 9.88. The second-order valence-corrected chi connectivity index (χ2v) is 7.01. The van der Waals surface area contributed by atoms with Crippen LogP contribution in [0.4, 0.5) is 0 Å². The predicted octanol–water partition coefficient (Wildman–Crippen LogP) is 5.80. The van der Waals surface area contributed by atoms with Crippen molar-refractivity contribution >= 4 is 28.7 Å². The normalized spacial score (nSPS) is 12.3. The summed E-state index contributed by atoms with van der Waals surface area (Å²) < 4.78 is 2.03. The van der Waals surface area contributed by atoms with E-state index in [0.717, 1.165) is 40.3 Å². The molecule has 30 heavy (non-hydrogen) atoms. The number of carbonyl (C=O) groups is 1. The summed E-state index contributed by atoms with van der Waals surface area (Å²) in [4.78, 5) is 15.0. The molecule has 0 aliphatic rings. The number of imidazole rings is 1. The average molecular weight is 394 g/mol. The number of pyridine rings is 1. The largest absolute Gasteiger partial charge is 0.478 e. The number of benzene rings is 2. The minimum Gasteiger partial charge on any atom is -0.478 e. The fourth-order valence-electron chi connectivity index (χ4n) is 3.68. The molecular formula is C26H22N2O2. The Kier molecular flexibility index (Phi) is 5.57. The summed E-state index contributed by atoms with van der Waals surface area (Å²) in [5, 5.41) is 8.86. The van der Waals surface area contributed by atoms with Crippen LogP contribution >= 0.6 is 0 Å². The number of nitrogens with zero attached hydrogens (tertiary/aromatic N) is 2. The smallest absolute Gasteiger partial charge is 0.328 e. The quantitative estimate of drug-likeness (QED) is 0.332. The van der Waals surface area contributed by atoms with E-state index in [9.17, 15) is 4.79 Å². The van der Waals surface area contributed by atoms with Gasteiger partial charge in [-0.2, -0.15) is 0 Å². The van der Waals surface area contributed by atoms with E-state index in [2.05, 4.69) is 54.5 Å². The van der Waals surface area contributed by atoms with Crippen molar-refractivity contribution in [3.8, 4) is 0 Å². The van der Waals surface area contributed by atoms with Gasteiger partial charge in [0.05, 0.1) is 18.0 Å². The Morgan fingerprint density at radius 1 is 0.967 bits per heavy atom. The molecule has 0 bridgehead atoms. The van der Waals surface area contributed by atoms with Gasteiger partial charge in [-0.15, -0.1) is 0 Å². The third-order valence-electron chi connectivity index (χ3n) is 5.09. The zero-order valence-electron chi connectivity index (χ0n) is 16.7. The van der Waals surface area contributed by atoms with Gasteiger partial charge in [0.25, 0.3) is 0 Å². The van der Waals surface area contributed by atoms with Crippen molar-refractivity contribution in [2.45, 2.75) is 13.3 Å². The molecule has 0 spiro atoms. The molecule has 0 aliphatic carbocycles. The van der Waals surface area contributed by atoms with Gasteiger partial charge < -0.3 is 9.51 Å². The number of aliphatic carboxylic acids is 1. The van der Waals surface area contributed by atoms with Crippen molar-refractivity contribution in [2.75, 3.05) is 0 Å². The Morgan fingerprint density at radius 2 is 1.70 bits per heavy atom. The summed E-state index contributed by atoms with van der Waals surface area (Å²) in [7, 11) is 0. The number of hydrogen-bond donors (Lipinski definition) is 1. The van der Waals surface area contributed by atoms with Crippen LogP contribution in [0.25, 0.3) is 22.7 Å². The van der Waals surface area contributed by atoms with E-state index in [1.807, 2.05) is 47.3 Å². The van der Waals surface area contributed by atoms with E-state index in [1.54, 1.807) is 6.08 Å². The standard InChI is InChI=1S/C26H22N2O2/c1-2-24(20-6-4-3-5-7-20)26(22-13-14-23-16-27-18-28(23)17-22)21-11-8-19(9-12-21)10-15-25(29)30/h3-18H,2H2,1H3,(H,29,30)/b15-10+,26-24+. The number of allylic oxidation sites excluding steroid dienone is 1. The third-order valence-corrected chi connectivity index (χ3v) is 5.09. The van der Waals surface area contributed by atoms with Crippen LogP contribution < -0.4 is 0 Å². The van der Waals surface area contributed by atoms with Gasteiger partial charge in [0.15, 0.2) is 0 Å². The Morgan fingerprint density at radius 3 is 2.40 bits per heavy atom. The van der Waals surface area contributed by atoms with Gasteiger partial charge in [-0.25, -0.2) is 9.78 Å².